The minimum absolute atomic E-state index is 0.157. The molecule has 0 aliphatic carbocycles. The first-order chi connectivity index (χ1) is 19.3. The Hall–Kier alpha value is -3.26. The Morgan fingerprint density at radius 1 is 0.625 bits per heavy atom. The first kappa shape index (κ1) is 31.3. The van der Waals surface area contributed by atoms with E-state index >= 15 is 0 Å². The van der Waals surface area contributed by atoms with Crippen molar-refractivity contribution in [3.8, 4) is 11.5 Å². The number of hydrogen-bond acceptors (Lipinski definition) is 5. The average Bonchev–Trinajstić information content (AvgIpc) is 2.96. The van der Waals surface area contributed by atoms with Gasteiger partial charge in [0.2, 0.25) is 0 Å². The molecule has 0 saturated carbocycles. The maximum absolute atomic E-state index is 10.4. The molecular formula is C33H38O5S2. The lowest BCUT2D eigenvalue weighted by molar-refractivity contribution is 0.309. The highest BCUT2D eigenvalue weighted by Crippen LogP contribution is 2.33. The predicted octanol–water partition coefficient (Wildman–Crippen LogP) is 8.04. The van der Waals surface area contributed by atoms with Gasteiger partial charge in [0, 0.05) is 0 Å². The molecule has 7 heteroatoms. The van der Waals surface area contributed by atoms with Crippen LogP contribution in [0.1, 0.15) is 45.1 Å². The molecule has 0 fully saturated rings. The van der Waals surface area contributed by atoms with E-state index in [1.54, 1.807) is 12.1 Å². The molecule has 0 heterocycles. The van der Waals surface area contributed by atoms with Gasteiger partial charge in [-0.2, -0.15) is 0 Å². The van der Waals surface area contributed by atoms with Gasteiger partial charge in [0.05, 0.1) is 29.0 Å². The molecule has 4 rings (SSSR count). The Labute approximate surface area is 242 Å². The van der Waals surface area contributed by atoms with E-state index in [1.807, 2.05) is 6.92 Å². The summed E-state index contributed by atoms with van der Waals surface area (Å²) in [5.41, 5.74) is 0.928. The van der Waals surface area contributed by atoms with Crippen LogP contribution in [-0.2, 0) is 21.0 Å². The second kappa shape index (κ2) is 16.1. The first-order valence-electron chi connectivity index (χ1n) is 13.6. The Morgan fingerprint density at radius 3 is 1.45 bits per heavy atom. The highest BCUT2D eigenvalue weighted by Gasteiger charge is 2.28. The second-order valence-electron chi connectivity index (χ2n) is 9.23. The Morgan fingerprint density at radius 2 is 1.05 bits per heavy atom. The third-order valence-corrected chi connectivity index (χ3v) is 9.02. The van der Waals surface area contributed by atoms with Crippen molar-refractivity contribution < 1.29 is 22.4 Å². The van der Waals surface area contributed by atoms with Gasteiger partial charge in [-0.25, -0.2) is 8.42 Å². The maximum atomic E-state index is 10.4. The van der Waals surface area contributed by atoms with Gasteiger partial charge in [-0.15, -0.1) is 0 Å². The summed E-state index contributed by atoms with van der Waals surface area (Å²) in [5.74, 6) is 1.89. The second-order valence-corrected chi connectivity index (χ2v) is 12.6. The van der Waals surface area contributed by atoms with E-state index in [9.17, 15) is 13.0 Å². The van der Waals surface area contributed by atoms with Crippen molar-refractivity contribution in [1.82, 2.24) is 0 Å². The number of benzene rings is 4. The monoisotopic (exact) mass is 578 g/mol. The van der Waals surface area contributed by atoms with Crippen LogP contribution in [0.15, 0.2) is 123 Å². The van der Waals surface area contributed by atoms with Crippen molar-refractivity contribution in [2.45, 2.75) is 66.0 Å². The standard InChI is InChI=1S/C26H31O2S.C7H8O3S/c1-3-5-20-27-22-12-16-25(17-13-22)29(24-10-8-7-9-11-24)26-18-14-23(15-19-26)28-21-6-4-2;1-6-2-4-7(5-3-6)11(8,9)10/h7-19H,3-6,20-21H2,1-2H3;2-5H,1H3,(H,8,9,10)/q+1;/p-1. The Kier molecular flexibility index (Phi) is 12.6. The maximum Gasteiger partial charge on any atom is 0.166 e. The zero-order valence-corrected chi connectivity index (χ0v) is 25.0. The molecule has 0 amide bonds. The van der Waals surface area contributed by atoms with Crippen molar-refractivity contribution in [3.63, 3.8) is 0 Å². The zero-order chi connectivity index (χ0) is 28.8. The van der Waals surface area contributed by atoms with E-state index in [2.05, 4.69) is 92.7 Å². The molecule has 4 aromatic rings. The molecule has 0 aliphatic heterocycles. The van der Waals surface area contributed by atoms with Crippen LogP contribution in [0.25, 0.3) is 0 Å². The smallest absolute Gasteiger partial charge is 0.166 e. The molecule has 212 valence electrons. The van der Waals surface area contributed by atoms with Crippen molar-refractivity contribution in [1.29, 1.82) is 0 Å². The van der Waals surface area contributed by atoms with Crippen molar-refractivity contribution in [3.05, 3.63) is 109 Å². The van der Waals surface area contributed by atoms with Gasteiger partial charge in [-0.3, -0.25) is 0 Å². The SMILES string of the molecule is CCCCOc1ccc([S+](c2ccccc2)c2ccc(OCCCC)cc2)cc1.Cc1ccc(S(=O)(=O)[O-])cc1. The third-order valence-electron chi connectivity index (χ3n) is 5.94. The van der Waals surface area contributed by atoms with Gasteiger partial charge in [-0.05, 0) is 92.6 Å². The van der Waals surface area contributed by atoms with Gasteiger partial charge in [0.25, 0.3) is 0 Å². The molecule has 40 heavy (non-hydrogen) atoms. The Balaban J connectivity index is 0.000000336. The van der Waals surface area contributed by atoms with Crippen LogP contribution in [0, 0.1) is 6.92 Å². The molecule has 0 radical (unpaired) electrons. The summed E-state index contributed by atoms with van der Waals surface area (Å²) in [6.45, 7) is 7.73. The number of unbranched alkanes of at least 4 members (excludes halogenated alkanes) is 2. The highest BCUT2D eigenvalue weighted by molar-refractivity contribution is 7.97. The fourth-order valence-corrected chi connectivity index (χ4v) is 6.21. The van der Waals surface area contributed by atoms with Crippen LogP contribution < -0.4 is 9.47 Å². The largest absolute Gasteiger partial charge is 0.744 e. The lowest BCUT2D eigenvalue weighted by Crippen LogP contribution is -2.05. The summed E-state index contributed by atoms with van der Waals surface area (Å²) in [4.78, 5) is 3.72. The number of rotatable bonds is 12. The molecular weight excluding hydrogens is 540 g/mol. The molecule has 0 saturated heterocycles. The fourth-order valence-electron chi connectivity index (χ4n) is 3.68. The van der Waals surface area contributed by atoms with Gasteiger partial charge in [0.1, 0.15) is 21.6 Å². The van der Waals surface area contributed by atoms with Gasteiger partial charge in [0.15, 0.2) is 14.7 Å². The molecule has 5 nitrogen and oxygen atoms in total. The lowest BCUT2D eigenvalue weighted by Gasteiger charge is -2.10. The molecule has 0 atom stereocenters. The minimum Gasteiger partial charge on any atom is -0.744 e. The van der Waals surface area contributed by atoms with Crippen LogP contribution in [0.2, 0.25) is 0 Å². The summed E-state index contributed by atoms with van der Waals surface area (Å²) in [6.07, 6.45) is 4.47. The minimum atomic E-state index is -4.27. The molecule has 0 unspecified atom stereocenters. The molecule has 0 bridgehead atoms. The summed E-state index contributed by atoms with van der Waals surface area (Å²) in [7, 11) is -4.43. The molecule has 0 spiro atoms. The van der Waals surface area contributed by atoms with Crippen LogP contribution in [0.5, 0.6) is 11.5 Å². The molecule has 0 aliphatic rings. The number of hydrogen-bond donors (Lipinski definition) is 0. The van der Waals surface area contributed by atoms with Gasteiger partial charge in [-0.1, -0.05) is 62.6 Å². The van der Waals surface area contributed by atoms with Crippen LogP contribution in [0.4, 0.5) is 0 Å². The van der Waals surface area contributed by atoms with Crippen LogP contribution in [0.3, 0.4) is 0 Å². The normalized spacial score (nSPS) is 11.0. The number of aryl methyl sites for hydroxylation is 1. The quantitative estimate of drug-likeness (QED) is 0.0966. The van der Waals surface area contributed by atoms with E-state index in [0.717, 1.165) is 56.0 Å². The van der Waals surface area contributed by atoms with Crippen molar-refractivity contribution in [2.75, 3.05) is 13.2 Å². The number of ether oxygens (including phenoxy) is 2. The topological polar surface area (TPSA) is 75.7 Å². The highest BCUT2D eigenvalue weighted by atomic mass is 32.2. The van der Waals surface area contributed by atoms with Gasteiger partial charge >= 0.3 is 0 Å². The van der Waals surface area contributed by atoms with E-state index < -0.39 is 10.1 Å². The first-order valence-corrected chi connectivity index (χ1v) is 16.2. The zero-order valence-electron chi connectivity index (χ0n) is 23.4. The van der Waals surface area contributed by atoms with E-state index in [0.29, 0.717) is 0 Å². The van der Waals surface area contributed by atoms with E-state index in [4.69, 9.17) is 9.47 Å². The third kappa shape index (κ3) is 10.0. The van der Waals surface area contributed by atoms with Crippen LogP contribution in [-0.4, -0.2) is 26.2 Å². The summed E-state index contributed by atoms with van der Waals surface area (Å²) in [5, 5.41) is 0. The van der Waals surface area contributed by atoms with Gasteiger partial charge < -0.3 is 14.0 Å². The average molecular weight is 579 g/mol. The summed E-state index contributed by atoms with van der Waals surface area (Å²) < 4.78 is 42.8. The van der Waals surface area contributed by atoms with E-state index in [-0.39, 0.29) is 15.8 Å². The van der Waals surface area contributed by atoms with Crippen molar-refractivity contribution >= 4 is 21.0 Å². The summed E-state index contributed by atoms with van der Waals surface area (Å²) >= 11 is 0. The molecule has 0 N–H and O–H groups in total. The summed E-state index contributed by atoms with van der Waals surface area (Å²) in [6, 6.07) is 33.7. The van der Waals surface area contributed by atoms with Crippen molar-refractivity contribution in [2.24, 2.45) is 0 Å². The lowest BCUT2D eigenvalue weighted by atomic mass is 10.2. The fraction of sp³-hybridized carbons (Fsp3) is 0.273. The van der Waals surface area contributed by atoms with E-state index in [1.165, 1.54) is 26.8 Å². The Bertz CT molecular complexity index is 1320. The molecule has 4 aromatic carbocycles. The predicted molar refractivity (Wildman–Crippen MR) is 161 cm³/mol. The van der Waals surface area contributed by atoms with Crippen LogP contribution >= 0.6 is 0 Å². The molecule has 0 aromatic heterocycles.